The molecular weight excluding hydrogens is 1240 g/mol. The summed E-state index contributed by atoms with van der Waals surface area (Å²) in [6, 6.07) is 82.0. The molecule has 1 saturated carbocycles. The number of phenolic OH excluding ortho intramolecular Hbond substituents is 3. The van der Waals surface area contributed by atoms with Crippen LogP contribution in [0.4, 0.5) is 0 Å². The molecule has 3 heterocycles. The van der Waals surface area contributed by atoms with Gasteiger partial charge in [-0.15, -0.1) is 0 Å². The van der Waals surface area contributed by atoms with Gasteiger partial charge in [-0.2, -0.15) is 0 Å². The zero-order chi connectivity index (χ0) is 69.9. The quantitative estimate of drug-likeness (QED) is 0.0323. The monoisotopic (exact) mass is 1340 g/mol. The number of phenols is 3. The van der Waals surface area contributed by atoms with Gasteiger partial charge in [0, 0.05) is 57.4 Å². The molecule has 0 radical (unpaired) electrons. The molecule has 3 unspecified atom stereocenters. The van der Waals surface area contributed by atoms with E-state index >= 15 is 0 Å². The van der Waals surface area contributed by atoms with Gasteiger partial charge in [-0.1, -0.05) is 200 Å². The van der Waals surface area contributed by atoms with Gasteiger partial charge >= 0.3 is 5.97 Å². The second-order valence-corrected chi connectivity index (χ2v) is 28.1. The van der Waals surface area contributed by atoms with Crippen molar-refractivity contribution in [3.63, 3.8) is 0 Å². The molecule has 9 aromatic carbocycles. The molecule has 0 amide bonds. The van der Waals surface area contributed by atoms with Crippen LogP contribution in [0.25, 0.3) is 33.4 Å². The van der Waals surface area contributed by atoms with Crippen molar-refractivity contribution in [1.29, 1.82) is 0 Å². The lowest BCUT2D eigenvalue weighted by atomic mass is 9.86. The van der Waals surface area contributed by atoms with Gasteiger partial charge in [0.05, 0.1) is 0 Å². The smallest absolute Gasteiger partial charge is 0.303 e. The highest BCUT2D eigenvalue weighted by Crippen LogP contribution is 2.42. The molecule has 6 N–H and O–H groups in total. The maximum Gasteiger partial charge on any atom is 0.303 e. The van der Waals surface area contributed by atoms with Gasteiger partial charge in [-0.05, 0) is 266 Å². The summed E-state index contributed by atoms with van der Waals surface area (Å²) in [5, 5.41) is 58.6. The number of hydrogen-bond donors (Lipinski definition) is 6. The third-order valence-electron chi connectivity index (χ3n) is 20.7. The molecule has 1 aliphatic carbocycles. The number of likely N-dealkylation sites (tertiary alicyclic amines) is 3. The Bertz CT molecular complexity index is 4150. The van der Waals surface area contributed by atoms with E-state index in [2.05, 4.69) is 170 Å². The van der Waals surface area contributed by atoms with Crippen LogP contribution >= 0.6 is 0 Å². The number of allylic oxidation sites excluding steroid dienone is 3. The number of hydrogen-bond acceptors (Lipinski definition) is 9. The van der Waals surface area contributed by atoms with E-state index in [-0.39, 0.29) is 36.9 Å². The average Bonchev–Trinajstić information content (AvgIpc) is 0.837. The van der Waals surface area contributed by atoms with E-state index in [1.165, 1.54) is 84.2 Å². The summed E-state index contributed by atoms with van der Waals surface area (Å²) >= 11 is 0. The summed E-state index contributed by atoms with van der Waals surface area (Å²) < 4.78 is 0. The molecule has 3 atom stereocenters. The Morgan fingerprint density at radius 2 is 0.700 bits per heavy atom. The molecule has 0 bridgehead atoms. The minimum absolute atomic E-state index is 0.0585. The van der Waals surface area contributed by atoms with Crippen LogP contribution in [-0.4, -0.2) is 122 Å². The number of carboxylic acid groups (broad SMARTS) is 1. The fourth-order valence-electron chi connectivity index (χ4n) is 15.0. The molecule has 9 aromatic rings. The normalized spacial score (nSPS) is 18.0. The van der Waals surface area contributed by atoms with Crippen molar-refractivity contribution in [2.75, 3.05) is 52.5 Å². The van der Waals surface area contributed by atoms with E-state index in [1.807, 2.05) is 78.9 Å². The summed E-state index contributed by atoms with van der Waals surface area (Å²) in [6.07, 6.45) is 9.76. The van der Waals surface area contributed by atoms with E-state index in [0.29, 0.717) is 49.1 Å². The van der Waals surface area contributed by atoms with Crippen molar-refractivity contribution in [3.8, 4) is 17.2 Å². The summed E-state index contributed by atoms with van der Waals surface area (Å²) in [5.41, 5.74) is 20.6. The number of aliphatic carboxylic acids is 1. The standard InChI is InChI=1S/C30H31NO3.2C30H35NO2/c32-27-14-10-24(11-15-27)30(28(16-17-29(33)34)22-4-2-1-3-5-22)23-8-6-21(7-9-23)25-18-19-31(20-25)26-12-13-26;1-22(2)31-18-17-27(21-31)23-13-15-25(16-14-23)30(26-10-6-11-28(33)20-26)29(12-7-19-32)24-8-4-3-5-9-24;1-22(2)31-19-18-27(21-31)23-10-12-25(13-11-23)30(26-14-16-28(33)17-15-26)29(9-6-20-32)24-7-4-3-5-8-24/h1-11,14-15,25-26,32H,12-13,16-20H2,(H,33,34);3-6,8-11,13-16,20,22,27,32-33H,7,12,17-19,21H2,1-2H3;3-5,7-8,10-17,22,27,32-33H,6,9,18-21H2,1-2H3/b30-28+;2*30-29+. The van der Waals surface area contributed by atoms with Crippen molar-refractivity contribution in [2.45, 2.75) is 134 Å². The Hall–Kier alpha value is -9.13. The van der Waals surface area contributed by atoms with Crippen LogP contribution in [0, 0.1) is 0 Å². The highest BCUT2D eigenvalue weighted by Gasteiger charge is 2.35. The lowest BCUT2D eigenvalue weighted by Crippen LogP contribution is -2.27. The van der Waals surface area contributed by atoms with Gasteiger partial charge in [0.2, 0.25) is 0 Å². The maximum atomic E-state index is 11.5. The van der Waals surface area contributed by atoms with Crippen LogP contribution < -0.4 is 0 Å². The number of aromatic hydroxyl groups is 3. The van der Waals surface area contributed by atoms with Crippen LogP contribution in [0.1, 0.15) is 183 Å². The molecular formula is C90H101N3O7. The molecule has 3 aliphatic heterocycles. The average molecular weight is 1340 g/mol. The number of aliphatic hydroxyl groups is 2. The van der Waals surface area contributed by atoms with Crippen LogP contribution in [-0.2, 0) is 4.79 Å². The van der Waals surface area contributed by atoms with Gasteiger partial charge in [0.25, 0.3) is 0 Å². The van der Waals surface area contributed by atoms with Crippen molar-refractivity contribution < 1.29 is 35.4 Å². The highest BCUT2D eigenvalue weighted by molar-refractivity contribution is 6.01. The molecule has 4 fully saturated rings. The first kappa shape index (κ1) is 72.1. The van der Waals surface area contributed by atoms with E-state index in [9.17, 15) is 35.4 Å². The SMILES string of the molecule is CC(C)N1CCC(c2ccc(/C(=C(/CCCO)c3ccccc3)c3ccc(O)cc3)cc2)C1.CC(C)N1CCC(c2ccc(/C(=C(/CCCO)c3ccccc3)c3cccc(O)c3)cc2)C1.O=C(O)CC/C(=C(\c1ccc(O)cc1)c1ccc(C2CCN(C3CC3)C2)cc1)c1ccccc1. The molecule has 3 saturated heterocycles. The number of aliphatic hydroxyl groups excluding tert-OH is 2. The predicted molar refractivity (Wildman–Crippen MR) is 410 cm³/mol. The van der Waals surface area contributed by atoms with Gasteiger partial charge in [0.1, 0.15) is 17.2 Å². The topological polar surface area (TPSA) is 148 Å². The van der Waals surface area contributed by atoms with E-state index in [0.717, 1.165) is 106 Å². The number of rotatable bonds is 24. The fraction of sp³-hybridized carbons (Fsp3) is 0.322. The van der Waals surface area contributed by atoms with Gasteiger partial charge in [-0.25, -0.2) is 0 Å². The third-order valence-corrected chi connectivity index (χ3v) is 20.7. The predicted octanol–water partition coefficient (Wildman–Crippen LogP) is 18.8. The second kappa shape index (κ2) is 35.3. The van der Waals surface area contributed by atoms with Crippen molar-refractivity contribution in [1.82, 2.24) is 14.7 Å². The highest BCUT2D eigenvalue weighted by atomic mass is 16.4. The Labute approximate surface area is 593 Å². The first-order valence-corrected chi connectivity index (χ1v) is 36.4. The molecule has 0 spiro atoms. The molecule has 518 valence electrons. The van der Waals surface area contributed by atoms with Crippen LogP contribution in [0.2, 0.25) is 0 Å². The molecule has 10 nitrogen and oxygen atoms in total. The number of nitrogens with zero attached hydrogens (tertiary/aromatic N) is 3. The summed E-state index contributed by atoms with van der Waals surface area (Å²) in [6.45, 7) is 16.3. The van der Waals surface area contributed by atoms with Crippen LogP contribution in [0.5, 0.6) is 17.2 Å². The molecule has 4 aliphatic rings. The lowest BCUT2D eigenvalue weighted by molar-refractivity contribution is -0.136. The number of benzene rings is 9. The van der Waals surface area contributed by atoms with E-state index < -0.39 is 5.97 Å². The maximum absolute atomic E-state index is 11.5. The zero-order valence-corrected chi connectivity index (χ0v) is 58.8. The summed E-state index contributed by atoms with van der Waals surface area (Å²) in [5.74, 6) is 1.68. The minimum atomic E-state index is -0.810. The number of carbonyl (C=O) groups is 1. The fourth-order valence-corrected chi connectivity index (χ4v) is 15.0. The van der Waals surface area contributed by atoms with Gasteiger partial charge in [-0.3, -0.25) is 9.69 Å². The Balaban J connectivity index is 0.000000151. The lowest BCUT2D eigenvalue weighted by Gasteiger charge is -2.21. The largest absolute Gasteiger partial charge is 0.508 e. The minimum Gasteiger partial charge on any atom is -0.508 e. The molecule has 13 rings (SSSR count). The Morgan fingerprint density at radius 1 is 0.360 bits per heavy atom. The van der Waals surface area contributed by atoms with E-state index in [4.69, 9.17) is 0 Å². The molecule has 0 aromatic heterocycles. The molecule has 100 heavy (non-hydrogen) atoms. The Morgan fingerprint density at radius 3 is 1.04 bits per heavy atom. The van der Waals surface area contributed by atoms with Crippen LogP contribution in [0.3, 0.4) is 0 Å². The van der Waals surface area contributed by atoms with Crippen LogP contribution in [0.15, 0.2) is 237 Å². The summed E-state index contributed by atoms with van der Waals surface area (Å²) in [4.78, 5) is 19.2. The summed E-state index contributed by atoms with van der Waals surface area (Å²) in [7, 11) is 0. The third kappa shape index (κ3) is 19.0. The van der Waals surface area contributed by atoms with Gasteiger partial charge in [0.15, 0.2) is 0 Å². The number of carboxylic acids is 1. The van der Waals surface area contributed by atoms with Crippen molar-refractivity contribution in [3.05, 3.63) is 303 Å². The Kier molecular flexibility index (Phi) is 25.4. The van der Waals surface area contributed by atoms with Crippen molar-refractivity contribution >= 4 is 39.4 Å². The van der Waals surface area contributed by atoms with Crippen molar-refractivity contribution in [2.24, 2.45) is 0 Å². The first-order chi connectivity index (χ1) is 48.7. The molecule has 10 heteroatoms. The first-order valence-electron chi connectivity index (χ1n) is 36.4. The van der Waals surface area contributed by atoms with Gasteiger partial charge < -0.3 is 40.4 Å². The van der Waals surface area contributed by atoms with E-state index in [1.54, 1.807) is 30.3 Å². The zero-order valence-electron chi connectivity index (χ0n) is 58.8. The second-order valence-electron chi connectivity index (χ2n) is 28.1.